The standard InChI is InChI=1S/C12H22N4O/c1-5-12(4,17)6-14-11-9(8(2)3)10(13)15-7-16-11/h7-8,17H,5-6H2,1-4H3,(H3,13,14,15,16). The van der Waals surface area contributed by atoms with E-state index < -0.39 is 5.60 Å². The molecule has 5 nitrogen and oxygen atoms in total. The first-order chi connectivity index (χ1) is 7.87. The number of nitrogens with two attached hydrogens (primary N) is 1. The predicted octanol–water partition coefficient (Wildman–Crippen LogP) is 1.76. The van der Waals surface area contributed by atoms with Crippen LogP contribution in [-0.4, -0.2) is 27.2 Å². The van der Waals surface area contributed by atoms with Crippen LogP contribution in [0.2, 0.25) is 0 Å². The van der Waals surface area contributed by atoms with Gasteiger partial charge in [-0.1, -0.05) is 20.8 Å². The van der Waals surface area contributed by atoms with E-state index >= 15 is 0 Å². The average molecular weight is 238 g/mol. The molecule has 1 aromatic heterocycles. The summed E-state index contributed by atoms with van der Waals surface area (Å²) in [5.74, 6) is 1.44. The molecule has 5 heteroatoms. The molecule has 0 amide bonds. The third-order valence-electron chi connectivity index (χ3n) is 2.89. The lowest BCUT2D eigenvalue weighted by Crippen LogP contribution is -2.33. The van der Waals surface area contributed by atoms with Gasteiger partial charge in [-0.25, -0.2) is 9.97 Å². The fraction of sp³-hybridized carbons (Fsp3) is 0.667. The van der Waals surface area contributed by atoms with E-state index in [4.69, 9.17) is 5.73 Å². The van der Waals surface area contributed by atoms with Crippen molar-refractivity contribution in [1.29, 1.82) is 0 Å². The Bertz CT molecular complexity index is 377. The number of nitrogens with zero attached hydrogens (tertiary/aromatic N) is 2. The van der Waals surface area contributed by atoms with Crippen molar-refractivity contribution in [2.45, 2.75) is 45.6 Å². The molecule has 0 fully saturated rings. The Hall–Kier alpha value is -1.36. The molecule has 1 rings (SSSR count). The van der Waals surface area contributed by atoms with Gasteiger partial charge in [0.05, 0.1) is 5.60 Å². The van der Waals surface area contributed by atoms with E-state index in [1.54, 1.807) is 6.92 Å². The molecule has 96 valence electrons. The molecule has 0 radical (unpaired) electrons. The van der Waals surface area contributed by atoms with Crippen molar-refractivity contribution in [2.24, 2.45) is 0 Å². The van der Waals surface area contributed by atoms with Crippen molar-refractivity contribution < 1.29 is 5.11 Å². The summed E-state index contributed by atoms with van der Waals surface area (Å²) >= 11 is 0. The van der Waals surface area contributed by atoms with Gasteiger partial charge >= 0.3 is 0 Å². The minimum absolute atomic E-state index is 0.241. The molecule has 1 atom stereocenters. The van der Waals surface area contributed by atoms with Crippen molar-refractivity contribution in [3.8, 4) is 0 Å². The van der Waals surface area contributed by atoms with E-state index in [1.165, 1.54) is 6.33 Å². The lowest BCUT2D eigenvalue weighted by molar-refractivity contribution is 0.0696. The largest absolute Gasteiger partial charge is 0.388 e. The third kappa shape index (κ3) is 3.56. The second kappa shape index (κ2) is 5.31. The molecule has 4 N–H and O–H groups in total. The van der Waals surface area contributed by atoms with Gasteiger partial charge in [-0.15, -0.1) is 0 Å². The molecule has 0 aliphatic rings. The van der Waals surface area contributed by atoms with Crippen LogP contribution >= 0.6 is 0 Å². The summed E-state index contributed by atoms with van der Waals surface area (Å²) < 4.78 is 0. The number of aliphatic hydroxyl groups is 1. The number of anilines is 2. The fourth-order valence-corrected chi connectivity index (χ4v) is 1.52. The molecular formula is C12H22N4O. The minimum Gasteiger partial charge on any atom is -0.388 e. The van der Waals surface area contributed by atoms with E-state index in [2.05, 4.69) is 15.3 Å². The molecule has 0 aliphatic heterocycles. The Balaban J connectivity index is 2.88. The molecule has 0 saturated carbocycles. The predicted molar refractivity (Wildman–Crippen MR) is 69.9 cm³/mol. The van der Waals surface area contributed by atoms with Crippen molar-refractivity contribution in [2.75, 3.05) is 17.6 Å². The van der Waals surface area contributed by atoms with Gasteiger partial charge in [0.1, 0.15) is 18.0 Å². The van der Waals surface area contributed by atoms with Crippen molar-refractivity contribution in [1.82, 2.24) is 9.97 Å². The maximum atomic E-state index is 9.95. The van der Waals surface area contributed by atoms with Crippen LogP contribution in [0.5, 0.6) is 0 Å². The van der Waals surface area contributed by atoms with Crippen LogP contribution in [-0.2, 0) is 0 Å². The lowest BCUT2D eigenvalue weighted by Gasteiger charge is -2.23. The molecule has 0 saturated heterocycles. The number of aromatic nitrogens is 2. The normalized spacial score (nSPS) is 14.7. The van der Waals surface area contributed by atoms with Gasteiger partial charge in [0.2, 0.25) is 0 Å². The van der Waals surface area contributed by atoms with Crippen molar-refractivity contribution in [3.05, 3.63) is 11.9 Å². The monoisotopic (exact) mass is 238 g/mol. The van der Waals surface area contributed by atoms with Crippen molar-refractivity contribution in [3.63, 3.8) is 0 Å². The summed E-state index contributed by atoms with van der Waals surface area (Å²) in [6, 6.07) is 0. The molecule has 0 aliphatic carbocycles. The quantitative estimate of drug-likeness (QED) is 0.728. The second-order valence-electron chi connectivity index (χ2n) is 4.88. The lowest BCUT2D eigenvalue weighted by atomic mass is 10.0. The summed E-state index contributed by atoms with van der Waals surface area (Å²) in [5, 5.41) is 13.1. The van der Waals surface area contributed by atoms with Gasteiger partial charge in [0.25, 0.3) is 0 Å². The fourth-order valence-electron chi connectivity index (χ4n) is 1.52. The van der Waals surface area contributed by atoms with Crippen LogP contribution in [0, 0.1) is 0 Å². The van der Waals surface area contributed by atoms with Crippen LogP contribution in [0.25, 0.3) is 0 Å². The number of hydrogen-bond acceptors (Lipinski definition) is 5. The van der Waals surface area contributed by atoms with E-state index in [0.29, 0.717) is 24.6 Å². The smallest absolute Gasteiger partial charge is 0.135 e. The summed E-state index contributed by atoms with van der Waals surface area (Å²) in [4.78, 5) is 8.17. The number of rotatable bonds is 5. The number of hydrogen-bond donors (Lipinski definition) is 3. The summed E-state index contributed by atoms with van der Waals surface area (Å²) in [6.45, 7) is 8.26. The minimum atomic E-state index is -0.742. The molecule has 0 bridgehead atoms. The highest BCUT2D eigenvalue weighted by molar-refractivity contribution is 5.56. The Kier molecular flexibility index (Phi) is 4.28. The highest BCUT2D eigenvalue weighted by atomic mass is 16.3. The van der Waals surface area contributed by atoms with Gasteiger partial charge in [0, 0.05) is 12.1 Å². The number of nitrogen functional groups attached to an aromatic ring is 1. The van der Waals surface area contributed by atoms with Crippen LogP contribution in [0.3, 0.4) is 0 Å². The summed E-state index contributed by atoms with van der Waals surface area (Å²) in [7, 11) is 0. The van der Waals surface area contributed by atoms with E-state index in [9.17, 15) is 5.11 Å². The van der Waals surface area contributed by atoms with Gasteiger partial charge in [0.15, 0.2) is 0 Å². The highest BCUT2D eigenvalue weighted by Crippen LogP contribution is 2.26. The van der Waals surface area contributed by atoms with Crippen molar-refractivity contribution >= 4 is 11.6 Å². The van der Waals surface area contributed by atoms with Crippen LogP contribution in [0.4, 0.5) is 11.6 Å². The van der Waals surface area contributed by atoms with Gasteiger partial charge < -0.3 is 16.2 Å². The first kappa shape index (κ1) is 13.7. The van der Waals surface area contributed by atoms with Crippen LogP contribution in [0.15, 0.2) is 6.33 Å². The average Bonchev–Trinajstić information content (AvgIpc) is 2.26. The summed E-state index contributed by atoms with van der Waals surface area (Å²) in [5.41, 5.74) is 6.00. The maximum Gasteiger partial charge on any atom is 0.135 e. The topological polar surface area (TPSA) is 84.1 Å². The maximum absolute atomic E-state index is 9.95. The van der Waals surface area contributed by atoms with E-state index in [-0.39, 0.29) is 5.92 Å². The number of nitrogens with one attached hydrogen (secondary N) is 1. The molecule has 1 unspecified atom stereocenters. The zero-order valence-corrected chi connectivity index (χ0v) is 11.0. The van der Waals surface area contributed by atoms with Crippen LogP contribution < -0.4 is 11.1 Å². The zero-order valence-electron chi connectivity index (χ0n) is 11.0. The molecule has 1 heterocycles. The first-order valence-corrected chi connectivity index (χ1v) is 5.94. The Morgan fingerprint density at radius 1 is 1.47 bits per heavy atom. The Labute approximate surface area is 102 Å². The summed E-state index contributed by atoms with van der Waals surface area (Å²) in [6.07, 6.45) is 2.11. The van der Waals surface area contributed by atoms with Gasteiger partial charge in [-0.05, 0) is 19.3 Å². The second-order valence-corrected chi connectivity index (χ2v) is 4.88. The van der Waals surface area contributed by atoms with E-state index in [1.807, 2.05) is 20.8 Å². The first-order valence-electron chi connectivity index (χ1n) is 5.94. The zero-order chi connectivity index (χ0) is 13.1. The van der Waals surface area contributed by atoms with E-state index in [0.717, 1.165) is 5.56 Å². The Morgan fingerprint density at radius 2 is 2.12 bits per heavy atom. The molecule has 0 aromatic carbocycles. The SMILES string of the molecule is CCC(C)(O)CNc1ncnc(N)c1C(C)C. The third-order valence-corrected chi connectivity index (χ3v) is 2.89. The molecular weight excluding hydrogens is 216 g/mol. The molecule has 17 heavy (non-hydrogen) atoms. The Morgan fingerprint density at radius 3 is 2.65 bits per heavy atom. The molecule has 0 spiro atoms. The van der Waals surface area contributed by atoms with Gasteiger partial charge in [-0.3, -0.25) is 0 Å². The van der Waals surface area contributed by atoms with Gasteiger partial charge in [-0.2, -0.15) is 0 Å². The molecule has 1 aromatic rings. The van der Waals surface area contributed by atoms with Crippen LogP contribution in [0.1, 0.15) is 45.6 Å². The highest BCUT2D eigenvalue weighted by Gasteiger charge is 2.19.